The van der Waals surface area contributed by atoms with Crippen LogP contribution >= 0.6 is 0 Å². The topological polar surface area (TPSA) is 55.6 Å². The monoisotopic (exact) mass is 200 g/mol. The second-order valence-electron chi connectivity index (χ2n) is 4.09. The lowest BCUT2D eigenvalue weighted by Crippen LogP contribution is -2.52. The van der Waals surface area contributed by atoms with Crippen LogP contribution in [-0.4, -0.2) is 43.2 Å². The largest absolute Gasteiger partial charge is 0.372 e. The molecule has 0 radical (unpaired) electrons. The summed E-state index contributed by atoms with van der Waals surface area (Å²) in [6.07, 6.45) is 0.638. The van der Waals surface area contributed by atoms with Crippen molar-refractivity contribution in [3.05, 3.63) is 0 Å². The van der Waals surface area contributed by atoms with Crippen LogP contribution in [0.15, 0.2) is 0 Å². The maximum Gasteiger partial charge on any atom is 0.251 e. The molecule has 1 rings (SSSR count). The normalized spacial score (nSPS) is 30.1. The van der Waals surface area contributed by atoms with Crippen molar-refractivity contribution >= 4 is 5.91 Å². The predicted octanol–water partition coefficient (Wildman–Crippen LogP) is 0.217. The first-order chi connectivity index (χ1) is 6.56. The van der Waals surface area contributed by atoms with Crippen molar-refractivity contribution in [2.75, 3.05) is 20.2 Å². The Morgan fingerprint density at radius 3 is 2.79 bits per heavy atom. The van der Waals surface area contributed by atoms with Crippen molar-refractivity contribution in [3.63, 3.8) is 0 Å². The highest BCUT2D eigenvalue weighted by atomic mass is 16.5. The van der Waals surface area contributed by atoms with Gasteiger partial charge in [-0.3, -0.25) is 4.79 Å². The molecule has 1 amide bonds. The summed E-state index contributed by atoms with van der Waals surface area (Å²) in [5.74, 6) is 0.562. The maximum atomic E-state index is 11.7. The zero-order chi connectivity index (χ0) is 10.7. The van der Waals surface area contributed by atoms with Crippen molar-refractivity contribution in [2.45, 2.75) is 32.4 Å². The molecule has 14 heavy (non-hydrogen) atoms. The summed E-state index contributed by atoms with van der Waals surface area (Å²) in [4.78, 5) is 13.5. The lowest BCUT2D eigenvalue weighted by atomic mass is 9.94. The molecule has 2 N–H and O–H groups in total. The molecule has 4 heteroatoms. The molecule has 82 valence electrons. The fourth-order valence-corrected chi connectivity index (χ4v) is 1.66. The molecule has 1 aliphatic heterocycles. The first-order valence-electron chi connectivity index (χ1n) is 5.13. The smallest absolute Gasteiger partial charge is 0.251 e. The predicted molar refractivity (Wildman–Crippen MR) is 54.8 cm³/mol. The number of methoxy groups -OCH3 is 1. The van der Waals surface area contributed by atoms with Gasteiger partial charge in [0.15, 0.2) is 0 Å². The van der Waals surface area contributed by atoms with Gasteiger partial charge in [-0.05, 0) is 19.3 Å². The molecule has 0 aromatic rings. The summed E-state index contributed by atoms with van der Waals surface area (Å²) in [5.41, 5.74) is 5.91. The number of amides is 1. The number of nitrogens with two attached hydrogens (primary N) is 1. The molecule has 0 saturated carbocycles. The number of hydrogen-bond acceptors (Lipinski definition) is 3. The van der Waals surface area contributed by atoms with Gasteiger partial charge in [-0.1, -0.05) is 6.92 Å². The van der Waals surface area contributed by atoms with E-state index in [-0.39, 0.29) is 18.1 Å². The van der Waals surface area contributed by atoms with Crippen LogP contribution in [0.2, 0.25) is 0 Å². The van der Waals surface area contributed by atoms with Crippen molar-refractivity contribution in [1.29, 1.82) is 0 Å². The van der Waals surface area contributed by atoms with Gasteiger partial charge >= 0.3 is 0 Å². The minimum atomic E-state index is -0.351. The number of ether oxygens (including phenoxy) is 1. The van der Waals surface area contributed by atoms with Gasteiger partial charge in [0.25, 0.3) is 5.91 Å². The van der Waals surface area contributed by atoms with E-state index in [2.05, 4.69) is 6.92 Å². The number of piperidine rings is 1. The molecule has 1 heterocycles. The van der Waals surface area contributed by atoms with Crippen LogP contribution in [-0.2, 0) is 9.53 Å². The van der Waals surface area contributed by atoms with Crippen LogP contribution in [0.25, 0.3) is 0 Å². The Morgan fingerprint density at radius 2 is 2.29 bits per heavy atom. The molecule has 0 spiro atoms. The van der Waals surface area contributed by atoms with Crippen molar-refractivity contribution in [2.24, 2.45) is 11.7 Å². The van der Waals surface area contributed by atoms with E-state index in [4.69, 9.17) is 10.5 Å². The minimum absolute atomic E-state index is 0.0508. The molecule has 4 nitrogen and oxygen atoms in total. The summed E-state index contributed by atoms with van der Waals surface area (Å²) < 4.78 is 5.00. The first kappa shape index (κ1) is 11.5. The summed E-state index contributed by atoms with van der Waals surface area (Å²) in [5, 5.41) is 0. The molecule has 1 saturated heterocycles. The average molecular weight is 200 g/mol. The van der Waals surface area contributed by atoms with E-state index in [0.717, 1.165) is 13.0 Å². The third-order valence-electron chi connectivity index (χ3n) is 3.03. The number of nitrogens with zero attached hydrogens (tertiary/aromatic N) is 1. The fourth-order valence-electron chi connectivity index (χ4n) is 1.66. The van der Waals surface area contributed by atoms with Crippen LogP contribution in [0, 0.1) is 5.92 Å². The third-order valence-corrected chi connectivity index (χ3v) is 3.03. The van der Waals surface area contributed by atoms with Crippen LogP contribution in [0.5, 0.6) is 0 Å². The second kappa shape index (κ2) is 4.75. The van der Waals surface area contributed by atoms with Gasteiger partial charge in [0.05, 0.1) is 0 Å². The molecular weight excluding hydrogens is 180 g/mol. The second-order valence-corrected chi connectivity index (χ2v) is 4.09. The lowest BCUT2D eigenvalue weighted by molar-refractivity contribution is -0.142. The molecule has 1 aliphatic rings. The number of rotatable bonds is 2. The minimum Gasteiger partial charge on any atom is -0.372 e. The van der Waals surface area contributed by atoms with Gasteiger partial charge in [0.1, 0.15) is 6.10 Å². The molecule has 0 aromatic carbocycles. The molecule has 1 fully saturated rings. The number of carbonyl (C=O) groups is 1. The standard InChI is InChI=1S/C10H20N2O2/c1-7-4-5-12(6-9(7)11)10(13)8(2)14-3/h7-9H,4-6,11H2,1-3H3. The number of carbonyl (C=O) groups excluding carboxylic acids is 1. The van der Waals surface area contributed by atoms with E-state index in [1.54, 1.807) is 18.9 Å². The molecule has 0 bridgehead atoms. The summed E-state index contributed by atoms with van der Waals surface area (Å²) in [6, 6.07) is 0.108. The highest BCUT2D eigenvalue weighted by molar-refractivity contribution is 5.80. The van der Waals surface area contributed by atoms with Gasteiger partial charge in [-0.25, -0.2) is 0 Å². The zero-order valence-electron chi connectivity index (χ0n) is 9.19. The van der Waals surface area contributed by atoms with Crippen molar-refractivity contribution in [3.8, 4) is 0 Å². The Hall–Kier alpha value is -0.610. The Labute approximate surface area is 85.4 Å². The first-order valence-corrected chi connectivity index (χ1v) is 5.13. The molecule has 3 unspecified atom stereocenters. The number of hydrogen-bond donors (Lipinski definition) is 1. The Kier molecular flexibility index (Phi) is 3.89. The fraction of sp³-hybridized carbons (Fsp3) is 0.900. The van der Waals surface area contributed by atoms with E-state index in [9.17, 15) is 4.79 Å². The van der Waals surface area contributed by atoms with Gasteiger partial charge in [-0.15, -0.1) is 0 Å². The van der Waals surface area contributed by atoms with Gasteiger partial charge in [0.2, 0.25) is 0 Å². The van der Waals surface area contributed by atoms with E-state index in [1.807, 2.05) is 0 Å². The third kappa shape index (κ3) is 2.45. The van der Waals surface area contributed by atoms with E-state index >= 15 is 0 Å². The Balaban J connectivity index is 2.50. The lowest BCUT2D eigenvalue weighted by Gasteiger charge is -2.36. The van der Waals surface area contributed by atoms with Crippen LogP contribution < -0.4 is 5.73 Å². The van der Waals surface area contributed by atoms with Gasteiger partial charge in [-0.2, -0.15) is 0 Å². The highest BCUT2D eigenvalue weighted by Crippen LogP contribution is 2.16. The van der Waals surface area contributed by atoms with Crippen LogP contribution in [0.1, 0.15) is 20.3 Å². The number of likely N-dealkylation sites (tertiary alicyclic amines) is 1. The average Bonchev–Trinajstić information content (AvgIpc) is 2.20. The quantitative estimate of drug-likeness (QED) is 0.693. The SMILES string of the molecule is COC(C)C(=O)N1CCC(C)C(N)C1. The Morgan fingerprint density at radius 1 is 1.64 bits per heavy atom. The van der Waals surface area contributed by atoms with Crippen molar-refractivity contribution in [1.82, 2.24) is 4.90 Å². The zero-order valence-corrected chi connectivity index (χ0v) is 9.19. The van der Waals surface area contributed by atoms with Crippen LogP contribution in [0.3, 0.4) is 0 Å². The van der Waals surface area contributed by atoms with Crippen molar-refractivity contribution < 1.29 is 9.53 Å². The molecular formula is C10H20N2O2. The van der Waals surface area contributed by atoms with Gasteiger partial charge < -0.3 is 15.4 Å². The highest BCUT2D eigenvalue weighted by Gasteiger charge is 2.28. The van der Waals surface area contributed by atoms with E-state index < -0.39 is 0 Å². The summed E-state index contributed by atoms with van der Waals surface area (Å²) in [7, 11) is 1.55. The molecule has 0 aliphatic carbocycles. The Bertz CT molecular complexity index is 208. The maximum absolute atomic E-state index is 11.7. The summed E-state index contributed by atoms with van der Waals surface area (Å²) in [6.45, 7) is 5.37. The molecule has 3 atom stereocenters. The van der Waals surface area contributed by atoms with Crippen LogP contribution in [0.4, 0.5) is 0 Å². The summed E-state index contributed by atoms with van der Waals surface area (Å²) >= 11 is 0. The van der Waals surface area contributed by atoms with Gasteiger partial charge in [0, 0.05) is 26.2 Å². The van der Waals surface area contributed by atoms with E-state index in [1.165, 1.54) is 0 Å². The van der Waals surface area contributed by atoms with E-state index in [0.29, 0.717) is 12.5 Å². The molecule has 0 aromatic heterocycles.